The normalized spacial score (nSPS) is 15.1. The van der Waals surface area contributed by atoms with Crippen molar-refractivity contribution in [2.24, 2.45) is 0 Å². The van der Waals surface area contributed by atoms with Crippen LogP contribution in [0.3, 0.4) is 0 Å². The Labute approximate surface area is 109 Å². The highest BCUT2D eigenvalue weighted by atomic mass is 19.4. The second-order valence-electron chi connectivity index (χ2n) is 4.49. The molecule has 19 heavy (non-hydrogen) atoms. The number of hydrogen-bond acceptors (Lipinski definition) is 4. The third-order valence-electron chi connectivity index (χ3n) is 2.59. The minimum atomic E-state index is -4.48. The highest BCUT2D eigenvalue weighted by molar-refractivity contribution is 5.45. The zero-order chi connectivity index (χ0) is 14.5. The van der Waals surface area contributed by atoms with Gasteiger partial charge in [0, 0.05) is 32.9 Å². The number of aliphatic hydroxyl groups is 1. The van der Waals surface area contributed by atoms with Gasteiger partial charge < -0.3 is 15.2 Å². The summed E-state index contributed by atoms with van der Waals surface area (Å²) in [5.74, 6) is -0.285. The number of alkyl halides is 3. The maximum atomic E-state index is 12.7. The van der Waals surface area contributed by atoms with Gasteiger partial charge in [-0.3, -0.25) is 0 Å². The van der Waals surface area contributed by atoms with Crippen LogP contribution in [0.15, 0.2) is 18.3 Å². The first-order valence-corrected chi connectivity index (χ1v) is 5.74. The van der Waals surface area contributed by atoms with Gasteiger partial charge in [-0.15, -0.1) is 0 Å². The second kappa shape index (κ2) is 6.21. The fourth-order valence-electron chi connectivity index (χ4n) is 1.46. The summed E-state index contributed by atoms with van der Waals surface area (Å²) < 4.78 is 42.9. The molecule has 1 aromatic heterocycles. The van der Waals surface area contributed by atoms with Gasteiger partial charge in [0.05, 0.1) is 11.2 Å². The van der Waals surface area contributed by atoms with E-state index in [0.29, 0.717) is 13.0 Å². The molecule has 0 saturated heterocycles. The minimum absolute atomic E-state index is 0.0452. The van der Waals surface area contributed by atoms with Gasteiger partial charge in [-0.25, -0.2) is 4.98 Å². The van der Waals surface area contributed by atoms with Crippen molar-refractivity contribution in [1.82, 2.24) is 4.98 Å². The summed E-state index contributed by atoms with van der Waals surface area (Å²) in [6, 6.07) is 2.16. The van der Waals surface area contributed by atoms with Crippen LogP contribution in [0.2, 0.25) is 0 Å². The van der Waals surface area contributed by atoms with E-state index in [4.69, 9.17) is 4.74 Å². The first-order chi connectivity index (χ1) is 8.76. The molecule has 0 aromatic carbocycles. The summed E-state index contributed by atoms with van der Waals surface area (Å²) >= 11 is 0. The van der Waals surface area contributed by atoms with Crippen LogP contribution < -0.4 is 5.32 Å². The number of anilines is 1. The van der Waals surface area contributed by atoms with E-state index in [2.05, 4.69) is 10.3 Å². The van der Waals surface area contributed by atoms with Crippen LogP contribution in [-0.4, -0.2) is 36.0 Å². The van der Waals surface area contributed by atoms with Crippen molar-refractivity contribution in [3.05, 3.63) is 23.9 Å². The number of rotatable bonds is 6. The van der Waals surface area contributed by atoms with Crippen LogP contribution in [0.4, 0.5) is 19.0 Å². The third-order valence-corrected chi connectivity index (χ3v) is 2.59. The SMILES string of the molecule is COCCC(C)(O)CNc1ncccc1C(F)(F)F. The molecular weight excluding hydrogens is 261 g/mol. The van der Waals surface area contributed by atoms with E-state index < -0.39 is 17.3 Å². The second-order valence-corrected chi connectivity index (χ2v) is 4.49. The minimum Gasteiger partial charge on any atom is -0.388 e. The van der Waals surface area contributed by atoms with E-state index in [1.54, 1.807) is 0 Å². The number of hydrogen-bond donors (Lipinski definition) is 2. The lowest BCUT2D eigenvalue weighted by molar-refractivity contribution is -0.137. The average molecular weight is 278 g/mol. The molecule has 0 amide bonds. The van der Waals surface area contributed by atoms with Gasteiger partial charge in [0.1, 0.15) is 5.82 Å². The summed E-state index contributed by atoms with van der Waals surface area (Å²) in [6.45, 7) is 1.80. The van der Waals surface area contributed by atoms with Crippen LogP contribution in [0.1, 0.15) is 18.9 Å². The van der Waals surface area contributed by atoms with Gasteiger partial charge >= 0.3 is 6.18 Å². The van der Waals surface area contributed by atoms with Gasteiger partial charge in [-0.05, 0) is 19.1 Å². The Hall–Kier alpha value is -1.34. The van der Waals surface area contributed by atoms with E-state index in [1.807, 2.05) is 0 Å². The summed E-state index contributed by atoms with van der Waals surface area (Å²) in [5.41, 5.74) is -2.02. The van der Waals surface area contributed by atoms with Crippen molar-refractivity contribution in [3.63, 3.8) is 0 Å². The fraction of sp³-hybridized carbons (Fsp3) is 0.583. The predicted octanol–water partition coefficient (Wildman–Crippen LogP) is 2.30. The van der Waals surface area contributed by atoms with Crippen molar-refractivity contribution in [3.8, 4) is 0 Å². The maximum absolute atomic E-state index is 12.7. The summed E-state index contributed by atoms with van der Waals surface area (Å²) in [7, 11) is 1.49. The lowest BCUT2D eigenvalue weighted by Crippen LogP contribution is -2.35. The molecule has 7 heteroatoms. The number of halogens is 3. The summed E-state index contributed by atoms with van der Waals surface area (Å²) in [4.78, 5) is 3.66. The molecule has 1 atom stereocenters. The maximum Gasteiger partial charge on any atom is 0.419 e. The molecule has 0 bridgehead atoms. The van der Waals surface area contributed by atoms with Crippen molar-refractivity contribution >= 4 is 5.82 Å². The number of pyridine rings is 1. The molecule has 2 N–H and O–H groups in total. The largest absolute Gasteiger partial charge is 0.419 e. The Balaban J connectivity index is 2.73. The summed E-state index contributed by atoms with van der Waals surface area (Å²) in [6.07, 6.45) is -2.90. The van der Waals surface area contributed by atoms with E-state index in [1.165, 1.54) is 26.3 Å². The molecule has 108 valence electrons. The molecule has 0 aliphatic heterocycles. The highest BCUT2D eigenvalue weighted by Crippen LogP contribution is 2.33. The Morgan fingerprint density at radius 2 is 2.11 bits per heavy atom. The van der Waals surface area contributed by atoms with Gasteiger partial charge in [0.2, 0.25) is 0 Å². The number of nitrogens with zero attached hydrogens (tertiary/aromatic N) is 1. The molecule has 0 fully saturated rings. The molecule has 0 radical (unpaired) electrons. The Morgan fingerprint density at radius 3 is 2.68 bits per heavy atom. The van der Waals surface area contributed by atoms with Crippen LogP contribution >= 0.6 is 0 Å². The van der Waals surface area contributed by atoms with Crippen LogP contribution in [0.25, 0.3) is 0 Å². The van der Waals surface area contributed by atoms with E-state index >= 15 is 0 Å². The molecule has 1 heterocycles. The molecule has 0 saturated carbocycles. The first-order valence-electron chi connectivity index (χ1n) is 5.74. The Morgan fingerprint density at radius 1 is 1.42 bits per heavy atom. The monoisotopic (exact) mass is 278 g/mol. The molecule has 4 nitrogen and oxygen atoms in total. The quantitative estimate of drug-likeness (QED) is 0.838. The number of ether oxygens (including phenoxy) is 1. The summed E-state index contributed by atoms with van der Waals surface area (Å²) in [5, 5.41) is 12.5. The molecule has 1 unspecified atom stereocenters. The predicted molar refractivity (Wildman–Crippen MR) is 64.8 cm³/mol. The molecular formula is C12H17F3N2O2. The molecule has 0 aliphatic rings. The zero-order valence-electron chi connectivity index (χ0n) is 10.8. The van der Waals surface area contributed by atoms with E-state index in [9.17, 15) is 18.3 Å². The van der Waals surface area contributed by atoms with Gasteiger partial charge in [-0.2, -0.15) is 13.2 Å². The first kappa shape index (κ1) is 15.7. The van der Waals surface area contributed by atoms with E-state index in [0.717, 1.165) is 6.07 Å². The fourth-order valence-corrected chi connectivity index (χ4v) is 1.46. The average Bonchev–Trinajstić information content (AvgIpc) is 2.33. The molecule has 1 aromatic rings. The molecule has 0 spiro atoms. The van der Waals surface area contributed by atoms with Gasteiger partial charge in [-0.1, -0.05) is 0 Å². The molecule has 0 aliphatic carbocycles. The van der Waals surface area contributed by atoms with E-state index in [-0.39, 0.29) is 12.4 Å². The van der Waals surface area contributed by atoms with Crippen molar-refractivity contribution in [2.45, 2.75) is 25.1 Å². The lowest BCUT2D eigenvalue weighted by Gasteiger charge is -2.24. The number of aromatic nitrogens is 1. The number of methoxy groups -OCH3 is 1. The van der Waals surface area contributed by atoms with Crippen molar-refractivity contribution in [1.29, 1.82) is 0 Å². The standard InChI is InChI=1S/C12H17F3N2O2/c1-11(18,5-7-19-2)8-17-10-9(12(13,14)15)4-3-6-16-10/h3-4,6,18H,5,7-8H2,1-2H3,(H,16,17). The van der Waals surface area contributed by atoms with Gasteiger partial charge in [0.25, 0.3) is 0 Å². The smallest absolute Gasteiger partial charge is 0.388 e. The van der Waals surface area contributed by atoms with Gasteiger partial charge in [0.15, 0.2) is 0 Å². The van der Waals surface area contributed by atoms with Crippen LogP contribution in [0.5, 0.6) is 0 Å². The van der Waals surface area contributed by atoms with Crippen LogP contribution in [0, 0.1) is 0 Å². The Bertz CT molecular complexity index is 408. The molecule has 1 rings (SSSR count). The van der Waals surface area contributed by atoms with Crippen molar-refractivity contribution in [2.75, 3.05) is 25.6 Å². The lowest BCUT2D eigenvalue weighted by atomic mass is 10.0. The van der Waals surface area contributed by atoms with Crippen LogP contribution in [-0.2, 0) is 10.9 Å². The highest BCUT2D eigenvalue weighted by Gasteiger charge is 2.34. The zero-order valence-corrected chi connectivity index (χ0v) is 10.8. The third kappa shape index (κ3) is 5.04. The number of nitrogens with one attached hydrogen (secondary N) is 1. The Kier molecular flexibility index (Phi) is 5.13. The van der Waals surface area contributed by atoms with Crippen molar-refractivity contribution < 1.29 is 23.0 Å². The topological polar surface area (TPSA) is 54.4 Å².